The zero-order valence-electron chi connectivity index (χ0n) is 14.8. The lowest BCUT2D eigenvalue weighted by Crippen LogP contribution is -2.32. The number of hydrogen-bond donors (Lipinski definition) is 2. The number of rotatable bonds is 4. The van der Waals surface area contributed by atoms with Crippen LogP contribution in [0.2, 0.25) is 0 Å². The molecule has 0 bridgehead atoms. The molecule has 25 heavy (non-hydrogen) atoms. The summed E-state index contributed by atoms with van der Waals surface area (Å²) in [5.74, 6) is -0.573. The third-order valence-corrected chi connectivity index (χ3v) is 5.03. The second-order valence-electron chi connectivity index (χ2n) is 6.87. The third-order valence-electron chi connectivity index (χ3n) is 5.03. The molecular weight excluding hydrogens is 343 g/mol. The van der Waals surface area contributed by atoms with Crippen molar-refractivity contribution in [3.8, 4) is 0 Å². The number of ether oxygens (including phenoxy) is 1. The molecule has 0 radical (unpaired) electrons. The molecule has 140 valence electrons. The minimum absolute atomic E-state index is 0. The van der Waals surface area contributed by atoms with Crippen molar-refractivity contribution in [3.05, 3.63) is 29.1 Å². The van der Waals surface area contributed by atoms with Gasteiger partial charge in [-0.25, -0.2) is 4.39 Å². The molecule has 6 heteroatoms. The number of amides is 1. The van der Waals surface area contributed by atoms with Gasteiger partial charge in [0.25, 0.3) is 5.91 Å². The summed E-state index contributed by atoms with van der Waals surface area (Å²) in [6, 6.07) is 3.54. The quantitative estimate of drug-likeness (QED) is 0.789. The highest BCUT2D eigenvalue weighted by Gasteiger charge is 2.23. The van der Waals surface area contributed by atoms with Crippen LogP contribution in [0.3, 0.4) is 0 Å². The normalized spacial score (nSPS) is 19.3. The predicted octanol–water partition coefficient (Wildman–Crippen LogP) is 3.96. The topological polar surface area (TPSA) is 50.4 Å². The Morgan fingerprint density at radius 3 is 2.72 bits per heavy atom. The van der Waals surface area contributed by atoms with Crippen LogP contribution in [0.25, 0.3) is 0 Å². The molecule has 1 fully saturated rings. The van der Waals surface area contributed by atoms with Gasteiger partial charge in [0.15, 0.2) is 0 Å². The molecule has 1 aromatic rings. The van der Waals surface area contributed by atoms with Crippen LogP contribution in [0.15, 0.2) is 12.1 Å². The minimum Gasteiger partial charge on any atom is -0.365 e. The Labute approximate surface area is 155 Å². The average molecular weight is 371 g/mol. The van der Waals surface area contributed by atoms with Crippen molar-refractivity contribution in [1.29, 1.82) is 0 Å². The summed E-state index contributed by atoms with van der Waals surface area (Å²) < 4.78 is 20.5. The maximum Gasteiger partial charge on any atom is 0.253 e. The predicted molar refractivity (Wildman–Crippen MR) is 99.7 cm³/mol. The third kappa shape index (κ3) is 5.16. The molecule has 1 saturated carbocycles. The van der Waals surface area contributed by atoms with Crippen molar-refractivity contribution in [1.82, 2.24) is 5.32 Å². The molecular formula is C19H28ClFN2O2. The molecule has 1 aliphatic heterocycles. The summed E-state index contributed by atoms with van der Waals surface area (Å²) in [4.78, 5) is 12.4. The smallest absolute Gasteiger partial charge is 0.253 e. The fourth-order valence-corrected chi connectivity index (χ4v) is 3.59. The molecule has 2 aliphatic rings. The number of carbonyl (C=O) groups excluding carboxylic acids is 1. The van der Waals surface area contributed by atoms with Crippen LogP contribution in [0.1, 0.15) is 56.6 Å². The van der Waals surface area contributed by atoms with Gasteiger partial charge in [0.05, 0.1) is 11.8 Å². The van der Waals surface area contributed by atoms with Gasteiger partial charge in [0.1, 0.15) is 11.9 Å². The Bertz CT molecular complexity index is 589. The highest BCUT2D eigenvalue weighted by Crippen LogP contribution is 2.25. The number of fused-ring (bicyclic) bond motifs is 1. The highest BCUT2D eigenvalue weighted by atomic mass is 35.5. The Kier molecular flexibility index (Phi) is 7.66. The summed E-state index contributed by atoms with van der Waals surface area (Å²) in [5.41, 5.74) is 1.94. The van der Waals surface area contributed by atoms with Crippen molar-refractivity contribution >= 4 is 24.0 Å². The van der Waals surface area contributed by atoms with E-state index in [9.17, 15) is 9.18 Å². The second kappa shape index (κ2) is 9.51. The molecule has 0 saturated heterocycles. The molecule has 0 spiro atoms. The van der Waals surface area contributed by atoms with Gasteiger partial charge in [-0.2, -0.15) is 0 Å². The monoisotopic (exact) mass is 370 g/mol. The van der Waals surface area contributed by atoms with Gasteiger partial charge in [-0.3, -0.25) is 4.79 Å². The van der Waals surface area contributed by atoms with E-state index in [-0.39, 0.29) is 35.9 Å². The van der Waals surface area contributed by atoms with Crippen LogP contribution in [-0.4, -0.2) is 24.7 Å². The first-order valence-electron chi connectivity index (χ1n) is 9.12. The first-order chi connectivity index (χ1) is 11.6. The number of hydrogen-bond acceptors (Lipinski definition) is 3. The van der Waals surface area contributed by atoms with Gasteiger partial charge in [0.2, 0.25) is 0 Å². The van der Waals surface area contributed by atoms with Crippen molar-refractivity contribution < 1.29 is 13.9 Å². The number of carbonyl (C=O) groups is 1. The van der Waals surface area contributed by atoms with Crippen LogP contribution in [0.4, 0.5) is 10.1 Å². The highest BCUT2D eigenvalue weighted by molar-refractivity contribution is 5.94. The Hall–Kier alpha value is -1.17. The fraction of sp³-hybridized carbons (Fsp3) is 0.632. The van der Waals surface area contributed by atoms with Crippen LogP contribution >= 0.6 is 12.4 Å². The van der Waals surface area contributed by atoms with E-state index in [1.165, 1.54) is 12.8 Å². The lowest BCUT2D eigenvalue weighted by Gasteiger charge is -2.22. The van der Waals surface area contributed by atoms with E-state index in [0.717, 1.165) is 37.8 Å². The SMILES string of the molecule is CC(OC1CCCCCC1)C(=O)Nc1ccc2c(c1F)CCNC2.Cl. The molecule has 0 aromatic heterocycles. The summed E-state index contributed by atoms with van der Waals surface area (Å²) in [7, 11) is 0. The maximum atomic E-state index is 14.6. The van der Waals surface area contributed by atoms with E-state index in [2.05, 4.69) is 10.6 Å². The number of benzene rings is 1. The Balaban J connectivity index is 0.00000225. The summed E-state index contributed by atoms with van der Waals surface area (Å²) in [5, 5.41) is 5.93. The van der Waals surface area contributed by atoms with Crippen LogP contribution < -0.4 is 10.6 Å². The standard InChI is InChI=1S/C19H27FN2O2.ClH/c1-13(24-15-6-4-2-3-5-7-15)19(23)22-17-9-8-14-12-21-11-10-16(14)18(17)20;/h8-9,13,15,21H,2-7,10-12H2,1H3,(H,22,23);1H. The van der Waals surface area contributed by atoms with Crippen molar-refractivity contribution in [2.75, 3.05) is 11.9 Å². The van der Waals surface area contributed by atoms with Crippen molar-refractivity contribution in [2.24, 2.45) is 0 Å². The van der Waals surface area contributed by atoms with Crippen molar-refractivity contribution in [2.45, 2.75) is 70.6 Å². The van der Waals surface area contributed by atoms with E-state index in [0.29, 0.717) is 18.5 Å². The largest absolute Gasteiger partial charge is 0.365 e. The zero-order valence-corrected chi connectivity index (χ0v) is 15.6. The lowest BCUT2D eigenvalue weighted by atomic mass is 9.99. The summed E-state index contributed by atoms with van der Waals surface area (Å²) >= 11 is 0. The zero-order chi connectivity index (χ0) is 16.9. The lowest BCUT2D eigenvalue weighted by molar-refractivity contribution is -0.130. The molecule has 4 nitrogen and oxygen atoms in total. The minimum atomic E-state index is -0.565. The molecule has 1 aromatic carbocycles. The average Bonchev–Trinajstić information content (AvgIpc) is 2.86. The van der Waals surface area contributed by atoms with Crippen molar-refractivity contribution in [3.63, 3.8) is 0 Å². The first kappa shape index (κ1) is 20.1. The Morgan fingerprint density at radius 2 is 2.00 bits per heavy atom. The van der Waals surface area contributed by atoms with Gasteiger partial charge in [-0.1, -0.05) is 31.7 Å². The molecule has 1 atom stereocenters. The van der Waals surface area contributed by atoms with Crippen LogP contribution in [-0.2, 0) is 22.5 Å². The van der Waals surface area contributed by atoms with Gasteiger partial charge in [-0.05, 0) is 49.9 Å². The van der Waals surface area contributed by atoms with E-state index < -0.39 is 6.10 Å². The molecule has 1 heterocycles. The first-order valence-corrected chi connectivity index (χ1v) is 9.12. The van der Waals surface area contributed by atoms with E-state index in [1.54, 1.807) is 13.0 Å². The van der Waals surface area contributed by atoms with E-state index in [1.807, 2.05) is 6.07 Å². The van der Waals surface area contributed by atoms with E-state index >= 15 is 0 Å². The molecule has 1 unspecified atom stereocenters. The number of nitrogens with one attached hydrogen (secondary N) is 2. The summed E-state index contributed by atoms with van der Waals surface area (Å²) in [6.07, 6.45) is 7.07. The molecule has 2 N–H and O–H groups in total. The van der Waals surface area contributed by atoms with Gasteiger partial charge >= 0.3 is 0 Å². The van der Waals surface area contributed by atoms with Gasteiger partial charge < -0.3 is 15.4 Å². The van der Waals surface area contributed by atoms with Crippen LogP contribution in [0.5, 0.6) is 0 Å². The Morgan fingerprint density at radius 1 is 1.28 bits per heavy atom. The van der Waals surface area contributed by atoms with Gasteiger partial charge in [-0.15, -0.1) is 12.4 Å². The molecule has 1 amide bonds. The number of halogens is 2. The maximum absolute atomic E-state index is 14.6. The number of anilines is 1. The molecule has 1 aliphatic carbocycles. The molecule has 3 rings (SSSR count). The second-order valence-corrected chi connectivity index (χ2v) is 6.87. The van der Waals surface area contributed by atoms with Gasteiger partial charge in [0, 0.05) is 6.54 Å². The summed E-state index contributed by atoms with van der Waals surface area (Å²) in [6.45, 7) is 3.20. The fourth-order valence-electron chi connectivity index (χ4n) is 3.59. The van der Waals surface area contributed by atoms with Crippen LogP contribution in [0, 0.1) is 5.82 Å². The van der Waals surface area contributed by atoms with E-state index in [4.69, 9.17) is 4.74 Å².